The average Bonchev–Trinajstić information content (AvgIpc) is 2.55. The molecule has 0 spiro atoms. The van der Waals surface area contributed by atoms with Gasteiger partial charge >= 0.3 is 5.97 Å². The van der Waals surface area contributed by atoms with Crippen molar-refractivity contribution in [2.75, 3.05) is 11.9 Å². The maximum Gasteiger partial charge on any atom is 0.338 e. The van der Waals surface area contributed by atoms with Crippen molar-refractivity contribution in [1.29, 1.82) is 0 Å². The number of hydrogen-bond donors (Lipinski definition) is 2. The lowest BCUT2D eigenvalue weighted by atomic mass is 10.2. The number of aromatic amines is 1. The number of aryl methyl sites for hydroxylation is 1. The first-order valence-corrected chi connectivity index (χ1v) is 8.26. The second-order valence-corrected chi connectivity index (χ2v) is 5.53. The van der Waals surface area contributed by atoms with E-state index in [2.05, 4.69) is 15.3 Å². The standard InChI is InChI=1S/C18H23N3O3/c1-3-5-11-24-17(23)13-7-9-14(10-8-13)19-18-20-15(6-4-2)12-16(22)21-18/h7-10,12H,3-6,11H2,1-2H3,(H2,19,20,21,22). The highest BCUT2D eigenvalue weighted by Gasteiger charge is 2.07. The summed E-state index contributed by atoms with van der Waals surface area (Å²) in [5, 5.41) is 3.04. The third kappa shape index (κ3) is 5.22. The lowest BCUT2D eigenvalue weighted by Gasteiger charge is -2.08. The summed E-state index contributed by atoms with van der Waals surface area (Å²) >= 11 is 0. The molecule has 2 aromatic rings. The molecule has 6 heteroatoms. The Kier molecular flexibility index (Phi) is 6.54. The van der Waals surface area contributed by atoms with Crippen molar-refractivity contribution in [1.82, 2.24) is 9.97 Å². The number of aromatic nitrogens is 2. The molecule has 0 aliphatic rings. The summed E-state index contributed by atoms with van der Waals surface area (Å²) < 4.78 is 5.17. The fourth-order valence-electron chi connectivity index (χ4n) is 2.17. The number of hydrogen-bond acceptors (Lipinski definition) is 5. The largest absolute Gasteiger partial charge is 0.462 e. The number of benzene rings is 1. The van der Waals surface area contributed by atoms with Gasteiger partial charge in [-0.05, 0) is 37.1 Å². The van der Waals surface area contributed by atoms with Gasteiger partial charge in [-0.2, -0.15) is 0 Å². The van der Waals surface area contributed by atoms with Crippen LogP contribution in [0, 0.1) is 0 Å². The van der Waals surface area contributed by atoms with E-state index in [1.165, 1.54) is 6.07 Å². The zero-order valence-corrected chi connectivity index (χ0v) is 14.1. The summed E-state index contributed by atoms with van der Waals surface area (Å²) in [6.07, 6.45) is 3.52. The van der Waals surface area contributed by atoms with Crippen LogP contribution < -0.4 is 10.9 Å². The number of rotatable bonds is 8. The molecule has 1 aromatic heterocycles. The Bertz CT molecular complexity index is 723. The highest BCUT2D eigenvalue weighted by Crippen LogP contribution is 2.14. The number of carbonyl (C=O) groups is 1. The number of unbranched alkanes of at least 4 members (excludes halogenated alkanes) is 1. The molecule has 1 heterocycles. The monoisotopic (exact) mass is 329 g/mol. The Labute approximate surface area is 141 Å². The van der Waals surface area contributed by atoms with Gasteiger partial charge in [0.05, 0.1) is 12.2 Å². The van der Waals surface area contributed by atoms with Gasteiger partial charge in [0.15, 0.2) is 0 Å². The summed E-state index contributed by atoms with van der Waals surface area (Å²) in [6.45, 7) is 4.52. The molecular formula is C18H23N3O3. The van der Waals surface area contributed by atoms with Crippen LogP contribution in [0.5, 0.6) is 0 Å². The molecule has 0 aliphatic carbocycles. The maximum atomic E-state index is 11.8. The van der Waals surface area contributed by atoms with E-state index >= 15 is 0 Å². The van der Waals surface area contributed by atoms with E-state index in [0.717, 1.165) is 37.1 Å². The number of H-pyrrole nitrogens is 1. The molecule has 0 saturated carbocycles. The van der Waals surface area contributed by atoms with Crippen LogP contribution in [-0.2, 0) is 11.2 Å². The predicted octanol–water partition coefficient (Wildman–Crippen LogP) is 3.42. The molecule has 0 amide bonds. The van der Waals surface area contributed by atoms with Gasteiger partial charge in [-0.15, -0.1) is 0 Å². The van der Waals surface area contributed by atoms with E-state index in [4.69, 9.17) is 4.74 Å². The molecule has 0 radical (unpaired) electrons. The SMILES string of the molecule is CCCCOC(=O)c1ccc(Nc2nc(CCC)cc(=O)[nH]2)cc1. The smallest absolute Gasteiger partial charge is 0.338 e. The zero-order chi connectivity index (χ0) is 17.4. The summed E-state index contributed by atoms with van der Waals surface area (Å²) in [4.78, 5) is 30.5. The number of esters is 1. The second kappa shape index (κ2) is 8.86. The number of anilines is 2. The minimum atomic E-state index is -0.327. The molecule has 1 aromatic carbocycles. The first-order chi connectivity index (χ1) is 11.6. The van der Waals surface area contributed by atoms with Crippen molar-refractivity contribution in [3.05, 3.63) is 51.9 Å². The fraction of sp³-hybridized carbons (Fsp3) is 0.389. The lowest BCUT2D eigenvalue weighted by Crippen LogP contribution is -2.12. The number of nitrogens with zero attached hydrogens (tertiary/aromatic N) is 1. The van der Waals surface area contributed by atoms with E-state index in [9.17, 15) is 9.59 Å². The Balaban J connectivity index is 2.03. The van der Waals surface area contributed by atoms with Crippen molar-refractivity contribution >= 4 is 17.6 Å². The van der Waals surface area contributed by atoms with Gasteiger partial charge in [0.1, 0.15) is 0 Å². The Hall–Kier alpha value is -2.63. The van der Waals surface area contributed by atoms with Gasteiger partial charge in [-0.25, -0.2) is 9.78 Å². The van der Waals surface area contributed by atoms with E-state index in [-0.39, 0.29) is 11.5 Å². The minimum absolute atomic E-state index is 0.188. The van der Waals surface area contributed by atoms with Crippen LogP contribution in [0.2, 0.25) is 0 Å². The van der Waals surface area contributed by atoms with E-state index in [0.29, 0.717) is 18.1 Å². The van der Waals surface area contributed by atoms with Gasteiger partial charge in [-0.3, -0.25) is 9.78 Å². The molecule has 6 nitrogen and oxygen atoms in total. The molecule has 0 atom stereocenters. The maximum absolute atomic E-state index is 11.8. The molecule has 0 saturated heterocycles. The normalized spacial score (nSPS) is 10.4. The van der Waals surface area contributed by atoms with Gasteiger partial charge < -0.3 is 10.1 Å². The van der Waals surface area contributed by atoms with Gasteiger partial charge in [-0.1, -0.05) is 26.7 Å². The van der Waals surface area contributed by atoms with Crippen LogP contribution in [0.3, 0.4) is 0 Å². The highest BCUT2D eigenvalue weighted by molar-refractivity contribution is 5.89. The molecule has 24 heavy (non-hydrogen) atoms. The van der Waals surface area contributed by atoms with Crippen molar-refractivity contribution in [3.8, 4) is 0 Å². The lowest BCUT2D eigenvalue weighted by molar-refractivity contribution is 0.0500. The van der Waals surface area contributed by atoms with Gasteiger partial charge in [0, 0.05) is 17.4 Å². The minimum Gasteiger partial charge on any atom is -0.462 e. The Morgan fingerprint density at radius 3 is 2.62 bits per heavy atom. The van der Waals surface area contributed by atoms with Crippen LogP contribution >= 0.6 is 0 Å². The van der Waals surface area contributed by atoms with Crippen molar-refractivity contribution in [3.63, 3.8) is 0 Å². The Morgan fingerprint density at radius 2 is 1.96 bits per heavy atom. The molecule has 0 unspecified atom stereocenters. The predicted molar refractivity (Wildman–Crippen MR) is 93.8 cm³/mol. The number of ether oxygens (including phenoxy) is 1. The number of nitrogens with one attached hydrogen (secondary N) is 2. The molecule has 0 aliphatic heterocycles. The van der Waals surface area contributed by atoms with E-state index in [1.54, 1.807) is 24.3 Å². The summed E-state index contributed by atoms with van der Waals surface area (Å²) in [6, 6.07) is 8.38. The van der Waals surface area contributed by atoms with Crippen molar-refractivity contribution in [2.45, 2.75) is 39.5 Å². The molecular weight excluding hydrogens is 306 g/mol. The molecule has 0 fully saturated rings. The molecule has 2 N–H and O–H groups in total. The van der Waals surface area contributed by atoms with E-state index < -0.39 is 0 Å². The topological polar surface area (TPSA) is 84.1 Å². The summed E-state index contributed by atoms with van der Waals surface area (Å²) in [5.41, 5.74) is 1.79. The molecule has 0 bridgehead atoms. The second-order valence-electron chi connectivity index (χ2n) is 5.53. The van der Waals surface area contributed by atoms with Gasteiger partial charge in [0.2, 0.25) is 5.95 Å². The molecule has 128 valence electrons. The highest BCUT2D eigenvalue weighted by atomic mass is 16.5. The average molecular weight is 329 g/mol. The van der Waals surface area contributed by atoms with Crippen molar-refractivity contribution < 1.29 is 9.53 Å². The van der Waals surface area contributed by atoms with Gasteiger partial charge in [0.25, 0.3) is 5.56 Å². The van der Waals surface area contributed by atoms with Crippen LogP contribution in [0.15, 0.2) is 35.1 Å². The van der Waals surface area contributed by atoms with Crippen LogP contribution in [0.25, 0.3) is 0 Å². The first kappa shape index (κ1) is 17.7. The number of carbonyl (C=O) groups excluding carboxylic acids is 1. The zero-order valence-electron chi connectivity index (χ0n) is 14.1. The van der Waals surface area contributed by atoms with E-state index in [1.807, 2.05) is 13.8 Å². The fourth-order valence-corrected chi connectivity index (χ4v) is 2.17. The Morgan fingerprint density at radius 1 is 1.21 bits per heavy atom. The molecule has 2 rings (SSSR count). The first-order valence-electron chi connectivity index (χ1n) is 8.26. The van der Waals surface area contributed by atoms with Crippen LogP contribution in [0.1, 0.15) is 49.2 Å². The van der Waals surface area contributed by atoms with Crippen LogP contribution in [-0.4, -0.2) is 22.5 Å². The third-order valence-electron chi connectivity index (χ3n) is 3.42. The van der Waals surface area contributed by atoms with Crippen LogP contribution in [0.4, 0.5) is 11.6 Å². The summed E-state index contributed by atoms with van der Waals surface area (Å²) in [5.74, 6) is 0.0655. The quantitative estimate of drug-likeness (QED) is 0.572. The van der Waals surface area contributed by atoms with Crippen molar-refractivity contribution in [2.24, 2.45) is 0 Å². The third-order valence-corrected chi connectivity index (χ3v) is 3.42. The summed E-state index contributed by atoms with van der Waals surface area (Å²) in [7, 11) is 0.